The number of hydrogen-bond acceptors (Lipinski definition) is 2. The lowest BCUT2D eigenvalue weighted by atomic mass is 9.82. The highest BCUT2D eigenvalue weighted by atomic mass is 19.1. The minimum absolute atomic E-state index is 0.208. The number of benzene rings is 2. The summed E-state index contributed by atoms with van der Waals surface area (Å²) in [5.74, 6) is 1.09. The van der Waals surface area contributed by atoms with Gasteiger partial charge in [0.15, 0.2) is 0 Å². The van der Waals surface area contributed by atoms with Crippen LogP contribution in [0.15, 0.2) is 30.3 Å². The summed E-state index contributed by atoms with van der Waals surface area (Å²) in [5, 5.41) is 0. The molecule has 0 spiro atoms. The largest absolute Gasteiger partial charge is 0.496 e. The smallest absolute Gasteiger partial charge is 0.130 e. The Kier molecular flexibility index (Phi) is 5.92. The van der Waals surface area contributed by atoms with Gasteiger partial charge in [-0.15, -0.1) is 0 Å². The molecule has 1 aliphatic rings. The number of ether oxygens (including phenoxy) is 2. The third-order valence-electron chi connectivity index (χ3n) is 4.99. The van der Waals surface area contributed by atoms with Gasteiger partial charge in [0.05, 0.1) is 14.2 Å². The first-order chi connectivity index (χ1) is 12.6. The number of rotatable bonds is 5. The van der Waals surface area contributed by atoms with Crippen LogP contribution in [0.2, 0.25) is 0 Å². The number of hydrogen-bond donors (Lipinski definition) is 0. The Morgan fingerprint density at radius 2 is 1.54 bits per heavy atom. The van der Waals surface area contributed by atoms with Crippen molar-refractivity contribution >= 4 is 12.2 Å². The Balaban J connectivity index is 1.95. The molecule has 26 heavy (non-hydrogen) atoms. The van der Waals surface area contributed by atoms with Crippen molar-refractivity contribution in [3.05, 3.63) is 58.7 Å². The minimum atomic E-state index is -0.464. The maximum atomic E-state index is 13.8. The van der Waals surface area contributed by atoms with E-state index in [1.807, 2.05) is 12.1 Å². The fourth-order valence-corrected chi connectivity index (χ4v) is 3.68. The van der Waals surface area contributed by atoms with Crippen LogP contribution >= 0.6 is 0 Å². The van der Waals surface area contributed by atoms with Gasteiger partial charge >= 0.3 is 0 Å². The van der Waals surface area contributed by atoms with E-state index in [1.165, 1.54) is 25.3 Å². The van der Waals surface area contributed by atoms with Crippen LogP contribution in [0.4, 0.5) is 8.78 Å². The molecule has 1 fully saturated rings. The average molecular weight is 358 g/mol. The maximum absolute atomic E-state index is 13.8. The summed E-state index contributed by atoms with van der Waals surface area (Å²) in [6.45, 7) is 0. The summed E-state index contributed by atoms with van der Waals surface area (Å²) in [4.78, 5) is 0. The van der Waals surface area contributed by atoms with Gasteiger partial charge in [-0.2, -0.15) is 0 Å². The van der Waals surface area contributed by atoms with Gasteiger partial charge in [-0.25, -0.2) is 8.78 Å². The summed E-state index contributed by atoms with van der Waals surface area (Å²) < 4.78 is 38.4. The molecule has 0 aromatic heterocycles. The van der Waals surface area contributed by atoms with Crippen molar-refractivity contribution in [1.29, 1.82) is 0 Å². The van der Waals surface area contributed by atoms with Gasteiger partial charge in [-0.1, -0.05) is 31.4 Å². The molecule has 0 saturated heterocycles. The zero-order valence-electron chi connectivity index (χ0n) is 15.2. The molecular weight excluding hydrogens is 334 g/mol. The molecule has 0 unspecified atom stereocenters. The Hall–Kier alpha value is -2.36. The van der Waals surface area contributed by atoms with E-state index in [2.05, 4.69) is 0 Å². The number of methoxy groups -OCH3 is 2. The van der Waals surface area contributed by atoms with Crippen LogP contribution in [0.5, 0.6) is 11.5 Å². The van der Waals surface area contributed by atoms with Crippen LogP contribution in [0.3, 0.4) is 0 Å². The molecule has 3 rings (SSSR count). The average Bonchev–Trinajstić information content (AvgIpc) is 2.68. The monoisotopic (exact) mass is 358 g/mol. The first-order valence-corrected chi connectivity index (χ1v) is 9.01. The van der Waals surface area contributed by atoms with Crippen molar-refractivity contribution in [3.63, 3.8) is 0 Å². The molecule has 2 nitrogen and oxygen atoms in total. The molecular formula is C22H24F2O2. The lowest BCUT2D eigenvalue weighted by molar-refractivity contribution is 0.359. The molecule has 0 amide bonds. The Morgan fingerprint density at radius 1 is 0.885 bits per heavy atom. The molecule has 0 aliphatic heterocycles. The highest BCUT2D eigenvalue weighted by Crippen LogP contribution is 2.43. The van der Waals surface area contributed by atoms with E-state index >= 15 is 0 Å². The van der Waals surface area contributed by atoms with Crippen molar-refractivity contribution in [3.8, 4) is 11.5 Å². The molecule has 1 aliphatic carbocycles. The van der Waals surface area contributed by atoms with E-state index in [9.17, 15) is 8.78 Å². The molecule has 2 aromatic carbocycles. The molecule has 4 heteroatoms. The molecule has 138 valence electrons. The van der Waals surface area contributed by atoms with Crippen LogP contribution in [0, 0.1) is 11.6 Å². The predicted octanol–water partition coefficient (Wildman–Crippen LogP) is 6.20. The second kappa shape index (κ2) is 8.35. The van der Waals surface area contributed by atoms with Crippen LogP contribution in [-0.4, -0.2) is 14.2 Å². The predicted molar refractivity (Wildman–Crippen MR) is 101 cm³/mol. The van der Waals surface area contributed by atoms with E-state index < -0.39 is 11.6 Å². The van der Waals surface area contributed by atoms with Gasteiger partial charge in [-0.05, 0) is 54.7 Å². The second-order valence-electron chi connectivity index (χ2n) is 6.67. The van der Waals surface area contributed by atoms with E-state index in [0.29, 0.717) is 5.92 Å². The van der Waals surface area contributed by atoms with Gasteiger partial charge in [0, 0.05) is 11.1 Å². The van der Waals surface area contributed by atoms with Crippen molar-refractivity contribution in [1.82, 2.24) is 0 Å². The zero-order valence-corrected chi connectivity index (χ0v) is 15.2. The van der Waals surface area contributed by atoms with Crippen LogP contribution < -0.4 is 9.47 Å². The van der Waals surface area contributed by atoms with Crippen LogP contribution in [0.1, 0.15) is 54.7 Å². The van der Waals surface area contributed by atoms with E-state index in [-0.39, 0.29) is 5.56 Å². The maximum Gasteiger partial charge on any atom is 0.130 e. The summed E-state index contributed by atoms with van der Waals surface area (Å²) >= 11 is 0. The van der Waals surface area contributed by atoms with Crippen LogP contribution in [0.25, 0.3) is 12.2 Å². The second-order valence-corrected chi connectivity index (χ2v) is 6.67. The van der Waals surface area contributed by atoms with Gasteiger partial charge in [0.1, 0.15) is 23.1 Å². The molecule has 0 heterocycles. The Labute approximate surface area is 153 Å². The minimum Gasteiger partial charge on any atom is -0.496 e. The third kappa shape index (κ3) is 4.06. The third-order valence-corrected chi connectivity index (χ3v) is 4.99. The lowest BCUT2D eigenvalue weighted by Crippen LogP contribution is -2.08. The van der Waals surface area contributed by atoms with Crippen molar-refractivity contribution < 1.29 is 18.3 Å². The molecule has 0 bridgehead atoms. The standard InChI is InChI=1S/C22H24F2O2/c1-25-20-12-15(8-9-17-14-18(23)10-11-19(17)24)13-21(26-2)22(20)16-6-4-3-5-7-16/h8-14,16H,3-7H2,1-2H3. The molecule has 0 N–H and O–H groups in total. The van der Waals surface area contributed by atoms with Gasteiger partial charge < -0.3 is 9.47 Å². The first kappa shape index (κ1) is 18.4. The topological polar surface area (TPSA) is 18.5 Å². The summed E-state index contributed by atoms with van der Waals surface area (Å²) in [6, 6.07) is 7.27. The van der Waals surface area contributed by atoms with E-state index in [1.54, 1.807) is 26.4 Å². The Bertz CT molecular complexity index is 768. The summed E-state index contributed by atoms with van der Waals surface area (Å²) in [7, 11) is 3.31. The van der Waals surface area contributed by atoms with E-state index in [4.69, 9.17) is 9.47 Å². The summed E-state index contributed by atoms with van der Waals surface area (Å²) in [5.41, 5.74) is 2.14. The number of halogens is 2. The Morgan fingerprint density at radius 3 is 2.15 bits per heavy atom. The molecule has 2 aromatic rings. The zero-order chi connectivity index (χ0) is 18.5. The highest BCUT2D eigenvalue weighted by Gasteiger charge is 2.23. The van der Waals surface area contributed by atoms with Crippen molar-refractivity contribution in [2.45, 2.75) is 38.0 Å². The SMILES string of the molecule is COc1cc(C=Cc2cc(F)ccc2F)cc(OC)c1C1CCCCC1. The molecule has 0 atom stereocenters. The fourth-order valence-electron chi connectivity index (χ4n) is 3.68. The van der Waals surface area contributed by atoms with Gasteiger partial charge in [0.25, 0.3) is 0 Å². The van der Waals surface area contributed by atoms with Crippen molar-refractivity contribution in [2.75, 3.05) is 14.2 Å². The van der Waals surface area contributed by atoms with E-state index in [0.717, 1.165) is 47.6 Å². The van der Waals surface area contributed by atoms with Gasteiger partial charge in [0.2, 0.25) is 0 Å². The van der Waals surface area contributed by atoms with Gasteiger partial charge in [-0.3, -0.25) is 0 Å². The summed E-state index contributed by atoms with van der Waals surface area (Å²) in [6.07, 6.45) is 9.30. The highest BCUT2D eigenvalue weighted by molar-refractivity contribution is 5.72. The lowest BCUT2D eigenvalue weighted by Gasteiger charge is -2.26. The normalized spacial score (nSPS) is 15.4. The fraction of sp³-hybridized carbons (Fsp3) is 0.364. The first-order valence-electron chi connectivity index (χ1n) is 9.01. The quantitative estimate of drug-likeness (QED) is 0.593. The van der Waals surface area contributed by atoms with Crippen LogP contribution in [-0.2, 0) is 0 Å². The van der Waals surface area contributed by atoms with Crippen molar-refractivity contribution in [2.24, 2.45) is 0 Å². The molecule has 1 saturated carbocycles. The molecule has 0 radical (unpaired) electrons.